The Balaban J connectivity index is 1.71. The third-order valence-electron chi connectivity index (χ3n) is 4.87. The Morgan fingerprint density at radius 3 is 2.19 bits per heavy atom. The average molecular weight is 462 g/mol. The summed E-state index contributed by atoms with van der Waals surface area (Å²) < 4.78 is 29.8. The number of hydrogen-bond acceptors (Lipinski definition) is 7. The third-order valence-corrected chi connectivity index (χ3v) is 6.32. The van der Waals surface area contributed by atoms with Gasteiger partial charge in [-0.1, -0.05) is 25.5 Å². The maximum atomic E-state index is 13.4. The minimum absolute atomic E-state index is 0.0914. The predicted octanol–water partition coefficient (Wildman–Crippen LogP) is 5.36. The molecule has 1 unspecified atom stereocenters. The lowest BCUT2D eigenvalue weighted by atomic mass is 10.1. The van der Waals surface area contributed by atoms with E-state index in [9.17, 15) is 19.5 Å². The summed E-state index contributed by atoms with van der Waals surface area (Å²) in [5, 5.41) is 13.4. The molecule has 172 valence electrons. The lowest BCUT2D eigenvalue weighted by molar-refractivity contribution is -0.384. The number of carbonyl (C=O) groups excluding carboxylic acids is 1. The van der Waals surface area contributed by atoms with Gasteiger partial charge in [-0.2, -0.15) is 5.09 Å². The highest BCUT2D eigenvalue weighted by Gasteiger charge is 2.31. The van der Waals surface area contributed by atoms with Gasteiger partial charge in [0.25, 0.3) is 5.69 Å². The van der Waals surface area contributed by atoms with E-state index in [0.29, 0.717) is 18.1 Å². The van der Waals surface area contributed by atoms with Crippen LogP contribution < -0.4 is 14.1 Å². The zero-order valence-corrected chi connectivity index (χ0v) is 19.0. The van der Waals surface area contributed by atoms with Crippen molar-refractivity contribution in [1.82, 2.24) is 5.09 Å². The number of nitro groups is 1. The molecule has 0 radical (unpaired) electrons. The Hall–Kier alpha value is -2.90. The molecule has 0 aromatic heterocycles. The molecule has 0 aliphatic heterocycles. The normalized spacial score (nSPS) is 15.9. The van der Waals surface area contributed by atoms with Crippen molar-refractivity contribution in [3.63, 3.8) is 0 Å². The average Bonchev–Trinajstić information content (AvgIpc) is 3.59. The maximum absolute atomic E-state index is 13.4. The number of rotatable bonds is 12. The van der Waals surface area contributed by atoms with Gasteiger partial charge in [-0.05, 0) is 61.9 Å². The van der Waals surface area contributed by atoms with Gasteiger partial charge in [0.2, 0.25) is 0 Å². The van der Waals surface area contributed by atoms with Crippen LogP contribution in [-0.4, -0.2) is 23.5 Å². The number of benzene rings is 2. The van der Waals surface area contributed by atoms with E-state index in [1.54, 1.807) is 19.1 Å². The summed E-state index contributed by atoms with van der Waals surface area (Å²) >= 11 is 0. The Morgan fingerprint density at radius 1 is 1.12 bits per heavy atom. The van der Waals surface area contributed by atoms with E-state index in [1.165, 1.54) is 29.8 Å². The summed E-state index contributed by atoms with van der Waals surface area (Å²) in [4.78, 5) is 22.4. The molecule has 1 fully saturated rings. The third kappa shape index (κ3) is 7.07. The smallest absolute Gasteiger partial charge is 0.462 e. The van der Waals surface area contributed by atoms with E-state index in [0.717, 1.165) is 19.3 Å². The second-order valence-electron chi connectivity index (χ2n) is 7.70. The molecule has 2 aromatic carbocycles. The van der Waals surface area contributed by atoms with Gasteiger partial charge in [-0.15, -0.1) is 0 Å². The highest BCUT2D eigenvalue weighted by Crippen LogP contribution is 2.46. The summed E-state index contributed by atoms with van der Waals surface area (Å²) in [7, 11) is -4.06. The second-order valence-corrected chi connectivity index (χ2v) is 9.37. The molecule has 0 saturated heterocycles. The molecule has 0 amide bonds. The molecule has 3 rings (SSSR count). The summed E-state index contributed by atoms with van der Waals surface area (Å²) in [6.45, 7) is 3.38. The number of nitrogens with zero attached hydrogens (tertiary/aromatic N) is 1. The quantitative estimate of drug-likeness (QED) is 0.194. The lowest BCUT2D eigenvalue weighted by Gasteiger charge is -2.21. The highest BCUT2D eigenvalue weighted by atomic mass is 31.2. The fourth-order valence-corrected chi connectivity index (χ4v) is 4.39. The second kappa shape index (κ2) is 10.6. The number of nitro benzene ring substituents is 1. The molecule has 1 aliphatic rings. The summed E-state index contributed by atoms with van der Waals surface area (Å²) in [5.41, 5.74) is 1.05. The van der Waals surface area contributed by atoms with Crippen LogP contribution in [-0.2, 0) is 14.1 Å². The first-order chi connectivity index (χ1) is 15.3. The molecule has 9 nitrogen and oxygen atoms in total. The molecule has 2 aromatic rings. The first-order valence-electron chi connectivity index (χ1n) is 10.6. The van der Waals surface area contributed by atoms with Gasteiger partial charge >= 0.3 is 13.7 Å². The molecule has 0 spiro atoms. The van der Waals surface area contributed by atoms with Crippen molar-refractivity contribution in [3.05, 3.63) is 64.2 Å². The van der Waals surface area contributed by atoms with Crippen molar-refractivity contribution in [1.29, 1.82) is 0 Å². The fourth-order valence-electron chi connectivity index (χ4n) is 3.10. The lowest BCUT2D eigenvalue weighted by Crippen LogP contribution is -2.28. The van der Waals surface area contributed by atoms with Gasteiger partial charge in [0.05, 0.1) is 11.0 Å². The van der Waals surface area contributed by atoms with Crippen LogP contribution in [0.4, 0.5) is 5.69 Å². The Bertz CT molecular complexity index is 975. The van der Waals surface area contributed by atoms with Crippen LogP contribution in [0.25, 0.3) is 0 Å². The minimum Gasteiger partial charge on any atom is -0.462 e. The van der Waals surface area contributed by atoms with Crippen LogP contribution in [0, 0.1) is 10.1 Å². The van der Waals surface area contributed by atoms with E-state index in [-0.39, 0.29) is 17.5 Å². The van der Waals surface area contributed by atoms with E-state index in [4.69, 9.17) is 13.8 Å². The van der Waals surface area contributed by atoms with Crippen LogP contribution in [0.3, 0.4) is 0 Å². The molecule has 1 N–H and O–H groups in total. The number of non-ortho nitro benzene ring substituents is 1. The number of hydrogen-bond donors (Lipinski definition) is 1. The van der Waals surface area contributed by atoms with Crippen molar-refractivity contribution in [3.8, 4) is 11.5 Å². The molecular formula is C22H27N2O7P. The summed E-state index contributed by atoms with van der Waals surface area (Å²) in [6.07, 6.45) is 3.63. The molecule has 1 saturated carbocycles. The molecule has 0 bridgehead atoms. The van der Waals surface area contributed by atoms with Crippen molar-refractivity contribution in [2.75, 3.05) is 6.54 Å². The monoisotopic (exact) mass is 462 g/mol. The summed E-state index contributed by atoms with van der Waals surface area (Å²) in [6, 6.07) is 12.3. The molecule has 2 atom stereocenters. The minimum atomic E-state index is -4.06. The molecule has 1 aliphatic carbocycles. The van der Waals surface area contributed by atoms with Crippen LogP contribution in [0.15, 0.2) is 48.5 Å². The van der Waals surface area contributed by atoms with Crippen LogP contribution in [0.5, 0.6) is 11.5 Å². The van der Waals surface area contributed by atoms with Crippen LogP contribution in [0.1, 0.15) is 51.0 Å². The molecule has 0 heterocycles. The van der Waals surface area contributed by atoms with Crippen LogP contribution in [0.2, 0.25) is 0 Å². The zero-order valence-electron chi connectivity index (χ0n) is 18.1. The Morgan fingerprint density at radius 2 is 1.69 bits per heavy atom. The van der Waals surface area contributed by atoms with E-state index < -0.39 is 25.2 Å². The van der Waals surface area contributed by atoms with Gasteiger partial charge in [-0.25, -0.2) is 4.57 Å². The predicted molar refractivity (Wildman–Crippen MR) is 119 cm³/mol. The van der Waals surface area contributed by atoms with E-state index >= 15 is 0 Å². The topological polar surface area (TPSA) is 117 Å². The van der Waals surface area contributed by atoms with Gasteiger partial charge < -0.3 is 13.8 Å². The van der Waals surface area contributed by atoms with Gasteiger partial charge in [0, 0.05) is 12.1 Å². The fraction of sp³-hybridized carbons (Fsp3) is 0.409. The SMILES string of the molecule is CCC[C@H](C)OC(=O)CNP(=O)(Oc1ccc(C2CC2)cc1)Oc1ccc([N+](=O)[O-])cc1. The highest BCUT2D eigenvalue weighted by molar-refractivity contribution is 7.52. The largest absolute Gasteiger partial charge is 0.513 e. The first-order valence-corrected chi connectivity index (χ1v) is 12.1. The number of carbonyl (C=O) groups is 1. The Kier molecular flexibility index (Phi) is 7.88. The van der Waals surface area contributed by atoms with Crippen molar-refractivity contribution >= 4 is 19.4 Å². The van der Waals surface area contributed by atoms with Crippen molar-refractivity contribution in [2.24, 2.45) is 0 Å². The van der Waals surface area contributed by atoms with E-state index in [1.807, 2.05) is 19.1 Å². The zero-order chi connectivity index (χ0) is 23.1. The number of nitrogens with one attached hydrogen (secondary N) is 1. The summed E-state index contributed by atoms with van der Waals surface area (Å²) in [5.74, 6) is 0.366. The van der Waals surface area contributed by atoms with E-state index in [2.05, 4.69) is 5.09 Å². The Labute approximate surface area is 186 Å². The number of esters is 1. The van der Waals surface area contributed by atoms with Crippen molar-refractivity contribution in [2.45, 2.75) is 51.6 Å². The number of ether oxygens (including phenoxy) is 1. The van der Waals surface area contributed by atoms with Gasteiger partial charge in [0.15, 0.2) is 0 Å². The standard InChI is InChI=1S/C22H27N2O7P/c1-3-4-16(2)29-22(25)15-23-32(28,31-21-13-9-19(10-14-21)24(26)27)30-20-11-7-18(8-12-20)17-5-6-17/h7-14,16-17H,3-6,15H2,1-2H3,(H,23,28)/t16-,32?/m0/s1. The van der Waals surface area contributed by atoms with Gasteiger partial charge in [-0.3, -0.25) is 14.9 Å². The van der Waals surface area contributed by atoms with Crippen molar-refractivity contribution < 1.29 is 28.1 Å². The molecule has 10 heteroatoms. The molecular weight excluding hydrogens is 435 g/mol. The molecule has 32 heavy (non-hydrogen) atoms. The first kappa shape index (κ1) is 23.8. The van der Waals surface area contributed by atoms with Gasteiger partial charge in [0.1, 0.15) is 18.0 Å². The van der Waals surface area contributed by atoms with Crippen LogP contribution >= 0.6 is 7.75 Å². The maximum Gasteiger partial charge on any atom is 0.513 e.